The highest BCUT2D eigenvalue weighted by molar-refractivity contribution is 6.01. The summed E-state index contributed by atoms with van der Waals surface area (Å²) in [4.78, 5) is 47.5. The van der Waals surface area contributed by atoms with Crippen LogP contribution in [0.15, 0.2) is 36.4 Å². The lowest BCUT2D eigenvalue weighted by molar-refractivity contribution is -0.385. The van der Waals surface area contributed by atoms with Crippen LogP contribution in [0.5, 0.6) is 11.5 Å². The number of benzene rings is 2. The minimum atomic E-state index is -1.03. The average molecular weight is 442 g/mol. The van der Waals surface area contributed by atoms with E-state index in [1.165, 1.54) is 18.2 Å². The molecule has 168 valence electrons. The monoisotopic (exact) mass is 442 g/mol. The summed E-state index contributed by atoms with van der Waals surface area (Å²) in [7, 11) is 0. The van der Waals surface area contributed by atoms with Gasteiger partial charge < -0.3 is 19.5 Å². The molecule has 0 aromatic heterocycles. The molecule has 0 radical (unpaired) electrons. The number of ether oxygens (including phenoxy) is 3. The number of anilines is 1. The van der Waals surface area contributed by atoms with Crippen molar-refractivity contribution in [2.75, 3.05) is 25.1 Å². The summed E-state index contributed by atoms with van der Waals surface area (Å²) in [5.41, 5.74) is -0.648. The number of nitrogens with zero attached hydrogens (tertiary/aromatic N) is 1. The van der Waals surface area contributed by atoms with Gasteiger partial charge in [-0.3, -0.25) is 19.7 Å². The van der Waals surface area contributed by atoms with Crippen LogP contribution in [0.2, 0.25) is 0 Å². The van der Waals surface area contributed by atoms with Crippen molar-refractivity contribution < 1.29 is 33.5 Å². The number of hydrogen-bond acceptors (Lipinski definition) is 8. The van der Waals surface area contributed by atoms with Crippen LogP contribution in [0.25, 0.3) is 0 Å². The van der Waals surface area contributed by atoms with Crippen LogP contribution in [0, 0.1) is 15.5 Å². The van der Waals surface area contributed by atoms with Crippen molar-refractivity contribution in [1.29, 1.82) is 0 Å². The number of nitro groups is 1. The Bertz CT molecular complexity index is 1070. The normalized spacial score (nSPS) is 12.6. The number of nitro benzene ring substituents is 1. The summed E-state index contributed by atoms with van der Waals surface area (Å²) in [6.45, 7) is 5.20. The Morgan fingerprint density at radius 1 is 1.06 bits per heavy atom. The predicted octanol–water partition coefficient (Wildman–Crippen LogP) is 3.39. The zero-order valence-electron chi connectivity index (χ0n) is 17.8. The van der Waals surface area contributed by atoms with Gasteiger partial charge in [-0.25, -0.2) is 4.79 Å². The highest BCUT2D eigenvalue weighted by atomic mass is 16.6. The summed E-state index contributed by atoms with van der Waals surface area (Å²) < 4.78 is 15.7. The van der Waals surface area contributed by atoms with E-state index >= 15 is 0 Å². The molecule has 1 aliphatic rings. The molecule has 0 saturated carbocycles. The molecule has 1 aliphatic heterocycles. The molecule has 1 heterocycles. The highest BCUT2D eigenvalue weighted by Crippen LogP contribution is 2.36. The lowest BCUT2D eigenvalue weighted by atomic mass is 9.95. The van der Waals surface area contributed by atoms with Crippen LogP contribution < -0.4 is 14.8 Å². The smallest absolute Gasteiger partial charge is 0.345 e. The molecule has 0 bridgehead atoms. The Kier molecular flexibility index (Phi) is 6.42. The summed E-state index contributed by atoms with van der Waals surface area (Å²) >= 11 is 0. The second-order valence-corrected chi connectivity index (χ2v) is 8.05. The van der Waals surface area contributed by atoms with Crippen LogP contribution in [0.1, 0.15) is 41.5 Å². The number of hydrogen-bond donors (Lipinski definition) is 1. The minimum absolute atomic E-state index is 0.161. The molecule has 0 fully saturated rings. The van der Waals surface area contributed by atoms with Crippen LogP contribution in [0.4, 0.5) is 11.4 Å². The van der Waals surface area contributed by atoms with E-state index in [1.54, 1.807) is 32.9 Å². The van der Waals surface area contributed by atoms with Crippen molar-refractivity contribution in [1.82, 2.24) is 0 Å². The second-order valence-electron chi connectivity index (χ2n) is 8.05. The zero-order chi connectivity index (χ0) is 23.5. The molecule has 3 rings (SSSR count). The molecular formula is C22H22N2O8. The summed E-state index contributed by atoms with van der Waals surface area (Å²) in [6, 6.07) is 8.36. The number of amides is 1. The van der Waals surface area contributed by atoms with Crippen LogP contribution in [-0.2, 0) is 9.53 Å². The lowest BCUT2D eigenvalue weighted by Gasteiger charge is -2.18. The molecular weight excluding hydrogens is 420 g/mol. The molecule has 0 aliphatic carbocycles. The van der Waals surface area contributed by atoms with E-state index in [1.807, 2.05) is 0 Å². The maximum absolute atomic E-state index is 12.4. The van der Waals surface area contributed by atoms with Crippen LogP contribution in [-0.4, -0.2) is 42.4 Å². The van der Waals surface area contributed by atoms with Gasteiger partial charge in [-0.2, -0.15) is 0 Å². The highest BCUT2D eigenvalue weighted by Gasteiger charge is 2.28. The zero-order valence-corrected chi connectivity index (χ0v) is 17.8. The van der Waals surface area contributed by atoms with E-state index < -0.39 is 34.4 Å². The van der Waals surface area contributed by atoms with Crippen molar-refractivity contribution in [3.05, 3.63) is 57.6 Å². The minimum Gasteiger partial charge on any atom is -0.486 e. The van der Waals surface area contributed by atoms with Gasteiger partial charge in [-0.05, 0) is 24.3 Å². The van der Waals surface area contributed by atoms with Gasteiger partial charge >= 0.3 is 5.97 Å². The van der Waals surface area contributed by atoms with E-state index in [9.17, 15) is 24.5 Å². The van der Waals surface area contributed by atoms with Crippen LogP contribution >= 0.6 is 0 Å². The number of carbonyl (C=O) groups is 3. The number of nitrogens with one attached hydrogen (secondary N) is 1. The quantitative estimate of drug-likeness (QED) is 0.311. The van der Waals surface area contributed by atoms with E-state index in [-0.39, 0.29) is 41.7 Å². The van der Waals surface area contributed by atoms with Gasteiger partial charge in [0, 0.05) is 22.7 Å². The Balaban J connectivity index is 1.67. The van der Waals surface area contributed by atoms with Crippen molar-refractivity contribution in [2.45, 2.75) is 20.8 Å². The van der Waals surface area contributed by atoms with Gasteiger partial charge in [-0.1, -0.05) is 20.8 Å². The first-order valence-electron chi connectivity index (χ1n) is 9.76. The van der Waals surface area contributed by atoms with Crippen molar-refractivity contribution >= 4 is 29.0 Å². The number of Topliss-reactive ketones (excluding diaryl/α,β-unsaturated/α-hetero) is 1. The molecule has 0 saturated heterocycles. The fourth-order valence-corrected chi connectivity index (χ4v) is 2.74. The number of ketones is 1. The summed E-state index contributed by atoms with van der Waals surface area (Å²) in [6.07, 6.45) is 0. The van der Waals surface area contributed by atoms with Gasteiger partial charge in [0.05, 0.1) is 11.0 Å². The fraction of sp³-hybridized carbons (Fsp3) is 0.318. The van der Waals surface area contributed by atoms with E-state index in [0.717, 1.165) is 6.07 Å². The maximum atomic E-state index is 12.4. The van der Waals surface area contributed by atoms with Gasteiger partial charge in [0.25, 0.3) is 5.69 Å². The lowest BCUT2D eigenvalue weighted by Crippen LogP contribution is -2.27. The van der Waals surface area contributed by atoms with Crippen molar-refractivity contribution in [3.63, 3.8) is 0 Å². The largest absolute Gasteiger partial charge is 0.486 e. The van der Waals surface area contributed by atoms with Gasteiger partial charge in [0.15, 0.2) is 23.9 Å². The SMILES string of the molecule is CC(C)(C)C(=O)Nc1ccc(C(=O)COC(=O)c2cc3c(cc2[N+](=O)[O-])OCCO3)cc1. The Hall–Kier alpha value is -3.95. The number of rotatable bonds is 6. The molecule has 1 N–H and O–H groups in total. The molecule has 10 heteroatoms. The third kappa shape index (κ3) is 5.20. The molecule has 2 aromatic carbocycles. The number of fused-ring (bicyclic) bond motifs is 1. The topological polar surface area (TPSA) is 134 Å². The molecule has 1 amide bonds. The summed E-state index contributed by atoms with van der Waals surface area (Å²) in [5, 5.41) is 14.1. The first-order valence-corrected chi connectivity index (χ1v) is 9.76. The Morgan fingerprint density at radius 3 is 2.22 bits per heavy atom. The van der Waals surface area contributed by atoms with Crippen molar-refractivity contribution in [3.8, 4) is 11.5 Å². The molecule has 0 spiro atoms. The standard InChI is InChI=1S/C22H22N2O8/c1-22(2,3)21(27)23-14-6-4-13(5-7-14)17(25)12-32-20(26)15-10-18-19(31-9-8-30-18)11-16(15)24(28)29/h4-7,10-11H,8-9,12H2,1-3H3,(H,23,27). The average Bonchev–Trinajstić information content (AvgIpc) is 2.76. The number of carbonyl (C=O) groups excluding carboxylic acids is 3. The first-order chi connectivity index (χ1) is 15.1. The third-order valence-electron chi connectivity index (χ3n) is 4.56. The Morgan fingerprint density at radius 2 is 1.66 bits per heavy atom. The van der Waals surface area contributed by atoms with E-state index in [4.69, 9.17) is 14.2 Å². The first kappa shape index (κ1) is 22.7. The molecule has 0 atom stereocenters. The Labute approximate surface area is 183 Å². The molecule has 0 unspecified atom stereocenters. The maximum Gasteiger partial charge on any atom is 0.345 e. The predicted molar refractivity (Wildman–Crippen MR) is 113 cm³/mol. The molecule has 32 heavy (non-hydrogen) atoms. The van der Waals surface area contributed by atoms with Gasteiger partial charge in [-0.15, -0.1) is 0 Å². The number of esters is 1. The second kappa shape index (κ2) is 9.04. The van der Waals surface area contributed by atoms with Crippen LogP contribution in [0.3, 0.4) is 0 Å². The van der Waals surface area contributed by atoms with E-state index in [0.29, 0.717) is 5.69 Å². The fourth-order valence-electron chi connectivity index (χ4n) is 2.74. The molecule has 2 aromatic rings. The van der Waals surface area contributed by atoms with Gasteiger partial charge in [0.2, 0.25) is 5.91 Å². The molecule has 10 nitrogen and oxygen atoms in total. The van der Waals surface area contributed by atoms with Gasteiger partial charge in [0.1, 0.15) is 18.8 Å². The van der Waals surface area contributed by atoms with Crippen molar-refractivity contribution in [2.24, 2.45) is 5.41 Å². The third-order valence-corrected chi connectivity index (χ3v) is 4.56. The summed E-state index contributed by atoms with van der Waals surface area (Å²) in [5.74, 6) is -1.36. The van der Waals surface area contributed by atoms with E-state index in [2.05, 4.69) is 5.32 Å².